The average Bonchev–Trinajstić information content (AvgIpc) is 3.11. The monoisotopic (exact) mass is 403 g/mol. The molecule has 4 rings (SSSR count). The summed E-state index contributed by atoms with van der Waals surface area (Å²) in [6.45, 7) is 1.05. The maximum atomic E-state index is 12.4. The van der Waals surface area contributed by atoms with Crippen LogP contribution in [0.15, 0.2) is 65.7 Å². The molecule has 1 N–H and O–H groups in total. The van der Waals surface area contributed by atoms with E-state index in [-0.39, 0.29) is 17.5 Å². The van der Waals surface area contributed by atoms with Gasteiger partial charge in [0.15, 0.2) is 0 Å². The molecule has 1 aromatic heterocycles. The van der Waals surface area contributed by atoms with Crippen LogP contribution in [-0.4, -0.2) is 30.6 Å². The Hall–Kier alpha value is -2.19. The minimum absolute atomic E-state index is 0.189. The largest absolute Gasteiger partial charge is 0.367 e. The zero-order valence-electron chi connectivity index (χ0n) is 14.4. The Bertz CT molecular complexity index is 1030. The number of imidazole rings is 1. The number of ether oxygens (including phenoxy) is 1. The van der Waals surface area contributed by atoms with Crippen molar-refractivity contribution in [2.75, 3.05) is 6.54 Å². The van der Waals surface area contributed by atoms with Crippen LogP contribution >= 0.6 is 11.6 Å². The fourth-order valence-electron chi connectivity index (χ4n) is 3.04. The van der Waals surface area contributed by atoms with Gasteiger partial charge in [-0.25, -0.2) is 18.1 Å². The van der Waals surface area contributed by atoms with Gasteiger partial charge >= 0.3 is 0 Å². The highest BCUT2D eigenvalue weighted by Crippen LogP contribution is 2.26. The zero-order valence-corrected chi connectivity index (χ0v) is 15.9. The van der Waals surface area contributed by atoms with Crippen molar-refractivity contribution in [2.45, 2.75) is 24.2 Å². The predicted octanol–water partition coefficient (Wildman–Crippen LogP) is 3.08. The number of aromatic nitrogens is 2. The highest BCUT2D eigenvalue weighted by atomic mass is 35.5. The summed E-state index contributed by atoms with van der Waals surface area (Å²) in [7, 11) is -3.56. The van der Waals surface area contributed by atoms with Crippen LogP contribution in [0.25, 0.3) is 11.3 Å². The second-order valence-corrected chi connectivity index (χ2v) is 8.48. The van der Waals surface area contributed by atoms with E-state index in [0.29, 0.717) is 18.2 Å². The first kappa shape index (κ1) is 18.2. The molecule has 0 aliphatic carbocycles. The average molecular weight is 404 g/mol. The van der Waals surface area contributed by atoms with Crippen molar-refractivity contribution >= 4 is 21.6 Å². The maximum absolute atomic E-state index is 12.4. The highest BCUT2D eigenvalue weighted by Gasteiger charge is 2.24. The molecule has 2 heterocycles. The van der Waals surface area contributed by atoms with Crippen LogP contribution in [0.2, 0.25) is 5.02 Å². The fourth-order valence-corrected chi connectivity index (χ4v) is 4.26. The molecule has 1 atom stereocenters. The van der Waals surface area contributed by atoms with E-state index in [1.165, 1.54) is 0 Å². The summed E-state index contributed by atoms with van der Waals surface area (Å²) in [5.41, 5.74) is 1.96. The van der Waals surface area contributed by atoms with E-state index in [4.69, 9.17) is 16.3 Å². The van der Waals surface area contributed by atoms with Crippen LogP contribution in [0.3, 0.4) is 0 Å². The van der Waals surface area contributed by atoms with Crippen LogP contribution in [0.1, 0.15) is 5.82 Å². The number of rotatable bonds is 5. The number of sulfonamides is 1. The first-order valence-corrected chi connectivity index (χ1v) is 10.4. The number of halogens is 1. The normalized spacial score (nSPS) is 16.9. The van der Waals surface area contributed by atoms with E-state index in [9.17, 15) is 8.42 Å². The van der Waals surface area contributed by atoms with Gasteiger partial charge in [-0.1, -0.05) is 41.9 Å². The number of benzene rings is 2. The van der Waals surface area contributed by atoms with Gasteiger partial charge in [-0.2, -0.15) is 0 Å². The van der Waals surface area contributed by atoms with Crippen molar-refractivity contribution in [3.63, 3.8) is 0 Å². The number of fused-ring (bicyclic) bond motifs is 1. The first-order chi connectivity index (χ1) is 13.0. The Labute approximate surface area is 162 Å². The smallest absolute Gasteiger partial charge is 0.240 e. The van der Waals surface area contributed by atoms with Gasteiger partial charge in [-0.3, -0.25) is 0 Å². The van der Waals surface area contributed by atoms with Gasteiger partial charge in [0.2, 0.25) is 10.0 Å². The number of hydrogen-bond donors (Lipinski definition) is 1. The van der Waals surface area contributed by atoms with Crippen LogP contribution in [-0.2, 0) is 27.9 Å². The molecule has 0 bridgehead atoms. The van der Waals surface area contributed by atoms with Crippen LogP contribution in [0.5, 0.6) is 0 Å². The third kappa shape index (κ3) is 3.91. The predicted molar refractivity (Wildman–Crippen MR) is 103 cm³/mol. The molecule has 0 unspecified atom stereocenters. The van der Waals surface area contributed by atoms with Gasteiger partial charge in [-0.05, 0) is 29.8 Å². The van der Waals surface area contributed by atoms with Crippen molar-refractivity contribution in [1.29, 1.82) is 0 Å². The van der Waals surface area contributed by atoms with Gasteiger partial charge in [0, 0.05) is 11.6 Å². The lowest BCUT2D eigenvalue weighted by atomic mass is 10.1. The topological polar surface area (TPSA) is 73.2 Å². The quantitative estimate of drug-likeness (QED) is 0.710. The van der Waals surface area contributed by atoms with E-state index >= 15 is 0 Å². The van der Waals surface area contributed by atoms with Gasteiger partial charge in [0.25, 0.3) is 0 Å². The van der Waals surface area contributed by atoms with E-state index in [1.807, 2.05) is 24.3 Å². The molecule has 1 aliphatic rings. The molecular formula is C19H18ClN3O3S. The molecule has 0 amide bonds. The van der Waals surface area contributed by atoms with Crippen LogP contribution < -0.4 is 4.72 Å². The zero-order chi connectivity index (χ0) is 18.9. The Morgan fingerprint density at radius 1 is 1.15 bits per heavy atom. The lowest BCUT2D eigenvalue weighted by Crippen LogP contribution is -2.38. The number of nitrogens with zero attached hydrogens (tertiary/aromatic N) is 2. The lowest BCUT2D eigenvalue weighted by Gasteiger charge is -2.26. The Morgan fingerprint density at radius 3 is 2.63 bits per heavy atom. The van der Waals surface area contributed by atoms with E-state index < -0.39 is 10.0 Å². The molecule has 27 heavy (non-hydrogen) atoms. The lowest BCUT2D eigenvalue weighted by molar-refractivity contribution is 0.00634. The molecular weight excluding hydrogens is 386 g/mol. The van der Waals surface area contributed by atoms with Gasteiger partial charge < -0.3 is 9.30 Å². The van der Waals surface area contributed by atoms with E-state index in [2.05, 4.69) is 14.3 Å². The Balaban J connectivity index is 1.49. The maximum Gasteiger partial charge on any atom is 0.240 e. The molecule has 0 saturated heterocycles. The molecule has 0 fully saturated rings. The molecule has 6 nitrogen and oxygen atoms in total. The summed E-state index contributed by atoms with van der Waals surface area (Å²) in [4.78, 5) is 4.65. The van der Waals surface area contributed by atoms with E-state index in [1.54, 1.807) is 36.5 Å². The van der Waals surface area contributed by atoms with Crippen molar-refractivity contribution in [3.8, 4) is 11.3 Å². The minimum Gasteiger partial charge on any atom is -0.367 e. The molecule has 3 aromatic rings. The Kier molecular flexibility index (Phi) is 5.01. The van der Waals surface area contributed by atoms with E-state index in [0.717, 1.165) is 17.1 Å². The summed E-state index contributed by atoms with van der Waals surface area (Å²) in [6.07, 6.45) is 1.52. The molecule has 2 aromatic carbocycles. The standard InChI is InChI=1S/C19H18ClN3O3S/c20-15-8-6-14(7-9-15)18-11-21-19-13-26-16(12-23(18)19)10-22-27(24,25)17-4-2-1-3-5-17/h1-9,11,16,22H,10,12-13H2/t16-/m0/s1. The van der Waals surface area contributed by atoms with Crippen LogP contribution in [0, 0.1) is 0 Å². The fraction of sp³-hybridized carbons (Fsp3) is 0.211. The second kappa shape index (κ2) is 7.44. The molecule has 140 valence electrons. The summed E-state index contributed by atoms with van der Waals surface area (Å²) in [6, 6.07) is 15.9. The third-order valence-electron chi connectivity index (χ3n) is 4.47. The summed E-state index contributed by atoms with van der Waals surface area (Å²) >= 11 is 5.97. The summed E-state index contributed by atoms with van der Waals surface area (Å²) in [5.74, 6) is 0.821. The number of hydrogen-bond acceptors (Lipinski definition) is 4. The van der Waals surface area contributed by atoms with Gasteiger partial charge in [0.05, 0.1) is 29.4 Å². The SMILES string of the molecule is O=S(=O)(NC[C@H]1Cn2c(-c3ccc(Cl)cc3)cnc2CO1)c1ccccc1. The molecule has 0 radical (unpaired) electrons. The van der Waals surface area contributed by atoms with Crippen LogP contribution in [0.4, 0.5) is 0 Å². The molecule has 0 saturated carbocycles. The highest BCUT2D eigenvalue weighted by molar-refractivity contribution is 7.89. The van der Waals surface area contributed by atoms with Crippen molar-refractivity contribution in [1.82, 2.24) is 14.3 Å². The number of nitrogens with one attached hydrogen (secondary N) is 1. The van der Waals surface area contributed by atoms with Gasteiger partial charge in [-0.15, -0.1) is 0 Å². The summed E-state index contributed by atoms with van der Waals surface area (Å²) in [5, 5.41) is 0.675. The Morgan fingerprint density at radius 2 is 1.89 bits per heavy atom. The molecule has 0 spiro atoms. The summed E-state index contributed by atoms with van der Waals surface area (Å²) < 4.78 is 35.3. The molecule has 1 aliphatic heterocycles. The van der Waals surface area contributed by atoms with Gasteiger partial charge in [0.1, 0.15) is 12.4 Å². The second-order valence-electron chi connectivity index (χ2n) is 6.28. The molecule has 8 heteroatoms. The van der Waals surface area contributed by atoms with Crippen molar-refractivity contribution in [2.24, 2.45) is 0 Å². The first-order valence-electron chi connectivity index (χ1n) is 8.49. The third-order valence-corrected chi connectivity index (χ3v) is 6.16. The minimum atomic E-state index is -3.56. The van der Waals surface area contributed by atoms with Crippen molar-refractivity contribution < 1.29 is 13.2 Å². The van der Waals surface area contributed by atoms with Crippen molar-refractivity contribution in [3.05, 3.63) is 71.6 Å².